The van der Waals surface area contributed by atoms with Gasteiger partial charge >= 0.3 is 0 Å². The Balaban J connectivity index is 2.12. The second-order valence-electron chi connectivity index (χ2n) is 5.69. The first-order valence-corrected chi connectivity index (χ1v) is 8.53. The van der Waals surface area contributed by atoms with Crippen molar-refractivity contribution < 1.29 is 0 Å². The molecule has 0 aliphatic rings. The molecule has 1 N–H and O–H groups in total. The van der Waals surface area contributed by atoms with E-state index in [0.29, 0.717) is 10.0 Å². The summed E-state index contributed by atoms with van der Waals surface area (Å²) < 4.78 is 0. The van der Waals surface area contributed by atoms with Crippen LogP contribution in [-0.4, -0.2) is 13.6 Å². The number of halogens is 2. The third-order valence-electron chi connectivity index (χ3n) is 4.23. The van der Waals surface area contributed by atoms with Crippen molar-refractivity contribution in [3.8, 4) is 0 Å². The van der Waals surface area contributed by atoms with E-state index in [2.05, 4.69) is 53.8 Å². The molecule has 1 nitrogen and oxygen atoms in total. The van der Waals surface area contributed by atoms with Crippen molar-refractivity contribution in [1.82, 2.24) is 5.32 Å². The molecule has 0 radical (unpaired) electrons. The molecule has 1 atom stereocenters. The molecule has 0 unspecified atom stereocenters. The van der Waals surface area contributed by atoms with Gasteiger partial charge in [0.2, 0.25) is 0 Å². The van der Waals surface area contributed by atoms with Crippen LogP contribution in [0.15, 0.2) is 60.7 Å². The first-order valence-electron chi connectivity index (χ1n) is 7.78. The quantitative estimate of drug-likeness (QED) is 0.609. The van der Waals surface area contributed by atoms with Gasteiger partial charge in [-0.05, 0) is 54.0 Å². The number of rotatable bonds is 5. The molecule has 0 heterocycles. The highest BCUT2D eigenvalue weighted by Gasteiger charge is 2.17. The van der Waals surface area contributed by atoms with Crippen LogP contribution in [0.25, 0.3) is 10.8 Å². The van der Waals surface area contributed by atoms with Crippen molar-refractivity contribution in [1.29, 1.82) is 0 Å². The van der Waals surface area contributed by atoms with E-state index in [9.17, 15) is 0 Å². The van der Waals surface area contributed by atoms with Crippen LogP contribution in [0.5, 0.6) is 0 Å². The summed E-state index contributed by atoms with van der Waals surface area (Å²) in [6.45, 7) is 0.939. The van der Waals surface area contributed by atoms with E-state index in [0.717, 1.165) is 13.0 Å². The molecule has 3 rings (SSSR count). The minimum Gasteiger partial charge on any atom is -0.320 e. The number of hydrogen-bond acceptors (Lipinski definition) is 1. The van der Waals surface area contributed by atoms with E-state index in [4.69, 9.17) is 23.2 Å². The summed E-state index contributed by atoms with van der Waals surface area (Å²) in [5, 5.41) is 7.02. The van der Waals surface area contributed by atoms with Gasteiger partial charge in [-0.25, -0.2) is 0 Å². The Morgan fingerprint density at radius 3 is 2.48 bits per heavy atom. The Labute approximate surface area is 147 Å². The maximum atomic E-state index is 6.25. The Hall–Kier alpha value is -1.54. The zero-order valence-electron chi connectivity index (χ0n) is 13.0. The maximum Gasteiger partial charge on any atom is 0.0595 e. The van der Waals surface area contributed by atoms with Crippen LogP contribution >= 0.6 is 23.2 Å². The lowest BCUT2D eigenvalue weighted by Crippen LogP contribution is -2.13. The summed E-state index contributed by atoms with van der Waals surface area (Å²) >= 11 is 12.3. The topological polar surface area (TPSA) is 12.0 Å². The van der Waals surface area contributed by atoms with E-state index in [1.807, 2.05) is 19.2 Å². The zero-order chi connectivity index (χ0) is 16.2. The van der Waals surface area contributed by atoms with Gasteiger partial charge in [0.15, 0.2) is 0 Å². The average Bonchev–Trinajstić information content (AvgIpc) is 2.58. The van der Waals surface area contributed by atoms with E-state index in [-0.39, 0.29) is 5.92 Å². The van der Waals surface area contributed by atoms with Crippen LogP contribution in [0.2, 0.25) is 10.0 Å². The van der Waals surface area contributed by atoms with Crippen molar-refractivity contribution in [2.45, 2.75) is 12.3 Å². The molecule has 0 bridgehead atoms. The summed E-state index contributed by atoms with van der Waals surface area (Å²) in [7, 11) is 1.98. The number of benzene rings is 3. The molecule has 0 aliphatic carbocycles. The SMILES string of the molecule is CNCC[C@H](c1ccc(Cl)c(Cl)c1)c1cccc2ccccc12. The van der Waals surface area contributed by atoms with Crippen LogP contribution in [0.1, 0.15) is 23.5 Å². The second-order valence-corrected chi connectivity index (χ2v) is 6.50. The molecule has 0 aliphatic heterocycles. The summed E-state index contributed by atoms with van der Waals surface area (Å²) in [4.78, 5) is 0. The molecule has 3 aromatic carbocycles. The van der Waals surface area contributed by atoms with Gasteiger partial charge in [0.25, 0.3) is 0 Å². The predicted molar refractivity (Wildman–Crippen MR) is 101 cm³/mol. The Bertz CT molecular complexity index is 808. The fourth-order valence-corrected chi connectivity index (χ4v) is 3.38. The summed E-state index contributed by atoms with van der Waals surface area (Å²) in [6.07, 6.45) is 1.00. The second kappa shape index (κ2) is 7.35. The van der Waals surface area contributed by atoms with E-state index < -0.39 is 0 Å². The summed E-state index contributed by atoms with van der Waals surface area (Å²) in [6, 6.07) is 21.0. The predicted octanol–water partition coefficient (Wildman–Crippen LogP) is 5.89. The van der Waals surface area contributed by atoms with Crippen LogP contribution in [0.3, 0.4) is 0 Å². The lowest BCUT2D eigenvalue weighted by atomic mass is 9.85. The molecule has 118 valence electrons. The van der Waals surface area contributed by atoms with Crippen LogP contribution < -0.4 is 5.32 Å². The van der Waals surface area contributed by atoms with E-state index in [1.165, 1.54) is 21.9 Å². The lowest BCUT2D eigenvalue weighted by Gasteiger charge is -2.20. The van der Waals surface area contributed by atoms with E-state index in [1.54, 1.807) is 0 Å². The van der Waals surface area contributed by atoms with Gasteiger partial charge in [-0.1, -0.05) is 71.7 Å². The van der Waals surface area contributed by atoms with E-state index >= 15 is 0 Å². The van der Waals surface area contributed by atoms with Crippen molar-refractivity contribution >= 4 is 34.0 Å². The number of hydrogen-bond donors (Lipinski definition) is 1. The fraction of sp³-hybridized carbons (Fsp3) is 0.200. The third-order valence-corrected chi connectivity index (χ3v) is 4.97. The first kappa shape index (κ1) is 16.3. The normalized spacial score (nSPS) is 12.5. The molecule has 0 fully saturated rings. The van der Waals surface area contributed by atoms with Gasteiger partial charge in [-0.2, -0.15) is 0 Å². The maximum absolute atomic E-state index is 6.25. The molecule has 0 spiro atoms. The minimum absolute atomic E-state index is 0.281. The first-order chi connectivity index (χ1) is 11.2. The highest BCUT2D eigenvalue weighted by atomic mass is 35.5. The molecule has 0 saturated heterocycles. The number of nitrogens with one attached hydrogen (secondary N) is 1. The Kier molecular flexibility index (Phi) is 5.22. The molecule has 0 amide bonds. The van der Waals surface area contributed by atoms with Crippen molar-refractivity contribution in [2.24, 2.45) is 0 Å². The summed E-state index contributed by atoms with van der Waals surface area (Å²) in [5.41, 5.74) is 2.53. The zero-order valence-corrected chi connectivity index (χ0v) is 14.5. The molecular formula is C20H19Cl2N. The van der Waals surface area contributed by atoms with Crippen molar-refractivity contribution in [3.63, 3.8) is 0 Å². The van der Waals surface area contributed by atoms with Gasteiger partial charge < -0.3 is 5.32 Å². The van der Waals surface area contributed by atoms with Gasteiger partial charge in [0.05, 0.1) is 10.0 Å². The largest absolute Gasteiger partial charge is 0.320 e. The third kappa shape index (κ3) is 3.53. The summed E-state index contributed by atoms with van der Waals surface area (Å²) in [5.74, 6) is 0.281. The highest BCUT2D eigenvalue weighted by Crippen LogP contribution is 2.35. The van der Waals surface area contributed by atoms with Crippen molar-refractivity contribution in [2.75, 3.05) is 13.6 Å². The van der Waals surface area contributed by atoms with Gasteiger partial charge in [-0.15, -0.1) is 0 Å². The fourth-order valence-electron chi connectivity index (χ4n) is 3.07. The smallest absolute Gasteiger partial charge is 0.0595 e. The molecule has 3 heteroatoms. The molecule has 0 aromatic heterocycles. The molecular weight excluding hydrogens is 325 g/mol. The average molecular weight is 344 g/mol. The molecule has 0 saturated carbocycles. The van der Waals surface area contributed by atoms with Gasteiger partial charge in [0, 0.05) is 5.92 Å². The van der Waals surface area contributed by atoms with Crippen LogP contribution in [0.4, 0.5) is 0 Å². The number of fused-ring (bicyclic) bond motifs is 1. The molecule has 23 heavy (non-hydrogen) atoms. The Morgan fingerprint density at radius 2 is 1.70 bits per heavy atom. The Morgan fingerprint density at radius 1 is 0.913 bits per heavy atom. The van der Waals surface area contributed by atoms with Crippen LogP contribution in [-0.2, 0) is 0 Å². The minimum atomic E-state index is 0.281. The highest BCUT2D eigenvalue weighted by molar-refractivity contribution is 6.42. The van der Waals surface area contributed by atoms with Gasteiger partial charge in [0.1, 0.15) is 0 Å². The lowest BCUT2D eigenvalue weighted by molar-refractivity contribution is 0.664. The molecule has 3 aromatic rings. The monoisotopic (exact) mass is 343 g/mol. The standard InChI is InChI=1S/C20H19Cl2N/c1-23-12-11-17(15-9-10-19(21)20(22)13-15)18-8-4-6-14-5-2-3-7-16(14)18/h2-10,13,17,23H,11-12H2,1H3/t17-/m1/s1. The van der Waals surface area contributed by atoms with Crippen molar-refractivity contribution in [3.05, 3.63) is 81.8 Å². The van der Waals surface area contributed by atoms with Crippen LogP contribution in [0, 0.1) is 0 Å². The van der Waals surface area contributed by atoms with Gasteiger partial charge in [-0.3, -0.25) is 0 Å².